The minimum atomic E-state index is 0.107. The summed E-state index contributed by atoms with van der Waals surface area (Å²) in [6.45, 7) is 3.76. The highest BCUT2D eigenvalue weighted by Gasteiger charge is 2.53. The first-order valence-electron chi connectivity index (χ1n) is 7.46. The Bertz CT molecular complexity index is 275. The molecule has 0 heterocycles. The summed E-state index contributed by atoms with van der Waals surface area (Å²) in [4.78, 5) is 12.5. The molecular formula is C15H25NO. The molecule has 0 aromatic rings. The van der Waals surface area contributed by atoms with Gasteiger partial charge in [-0.15, -0.1) is 0 Å². The van der Waals surface area contributed by atoms with E-state index in [1.54, 1.807) is 0 Å². The van der Waals surface area contributed by atoms with Gasteiger partial charge in [0.1, 0.15) is 0 Å². The molecule has 2 heteroatoms. The van der Waals surface area contributed by atoms with Crippen LogP contribution in [0.1, 0.15) is 51.9 Å². The predicted molar refractivity (Wildman–Crippen MR) is 68.8 cm³/mol. The van der Waals surface area contributed by atoms with Gasteiger partial charge in [-0.05, 0) is 69.2 Å². The lowest BCUT2D eigenvalue weighted by atomic mass is 9.48. The smallest absolute Gasteiger partial charge is 0.152 e. The number of rotatable bonds is 5. The second-order valence-corrected chi connectivity index (χ2v) is 6.80. The van der Waals surface area contributed by atoms with Crippen molar-refractivity contribution >= 4 is 5.78 Å². The van der Waals surface area contributed by atoms with Gasteiger partial charge < -0.3 is 5.32 Å². The summed E-state index contributed by atoms with van der Waals surface area (Å²) in [6.07, 6.45) is 9.04. The molecule has 0 unspecified atom stereocenters. The summed E-state index contributed by atoms with van der Waals surface area (Å²) in [7, 11) is 0. The molecule has 4 fully saturated rings. The fourth-order valence-electron chi connectivity index (χ4n) is 5.02. The highest BCUT2D eigenvalue weighted by Crippen LogP contribution is 2.60. The molecule has 2 nitrogen and oxygen atoms in total. The van der Waals surface area contributed by atoms with Crippen molar-refractivity contribution in [3.63, 3.8) is 0 Å². The molecule has 4 saturated carbocycles. The van der Waals surface area contributed by atoms with Crippen LogP contribution in [0, 0.1) is 23.2 Å². The molecule has 1 N–H and O–H groups in total. The van der Waals surface area contributed by atoms with Crippen molar-refractivity contribution in [1.82, 2.24) is 5.32 Å². The van der Waals surface area contributed by atoms with Crippen molar-refractivity contribution in [2.24, 2.45) is 23.2 Å². The van der Waals surface area contributed by atoms with E-state index in [2.05, 4.69) is 12.2 Å². The maximum absolute atomic E-state index is 12.5. The van der Waals surface area contributed by atoms with Crippen LogP contribution < -0.4 is 5.32 Å². The number of hydrogen-bond donors (Lipinski definition) is 1. The lowest BCUT2D eigenvalue weighted by Gasteiger charge is -2.56. The monoisotopic (exact) mass is 235 g/mol. The maximum atomic E-state index is 12.5. The second kappa shape index (κ2) is 4.38. The van der Waals surface area contributed by atoms with Gasteiger partial charge in [0.2, 0.25) is 0 Å². The van der Waals surface area contributed by atoms with Crippen LogP contribution in [0.25, 0.3) is 0 Å². The molecule has 96 valence electrons. The molecule has 4 rings (SSSR count). The lowest BCUT2D eigenvalue weighted by Crippen LogP contribution is -2.52. The Hall–Kier alpha value is -0.370. The lowest BCUT2D eigenvalue weighted by molar-refractivity contribution is -0.142. The molecule has 0 aromatic carbocycles. The Morgan fingerprint density at radius 2 is 1.65 bits per heavy atom. The maximum Gasteiger partial charge on any atom is 0.152 e. The van der Waals surface area contributed by atoms with Crippen LogP contribution in [-0.4, -0.2) is 18.9 Å². The molecule has 0 spiro atoms. The highest BCUT2D eigenvalue weighted by molar-refractivity contribution is 5.87. The van der Waals surface area contributed by atoms with E-state index in [0.717, 1.165) is 30.7 Å². The molecule has 0 amide bonds. The molecule has 0 saturated heterocycles. The minimum Gasteiger partial charge on any atom is -0.310 e. The Kier molecular flexibility index (Phi) is 3.02. The quantitative estimate of drug-likeness (QED) is 0.742. The minimum absolute atomic E-state index is 0.107. The normalized spacial score (nSPS) is 43.0. The van der Waals surface area contributed by atoms with E-state index in [1.807, 2.05) is 0 Å². The molecular weight excluding hydrogens is 210 g/mol. The zero-order valence-corrected chi connectivity index (χ0v) is 11.0. The number of hydrogen-bond acceptors (Lipinski definition) is 2. The molecule has 4 aliphatic carbocycles. The summed E-state index contributed by atoms with van der Waals surface area (Å²) < 4.78 is 0. The fourth-order valence-corrected chi connectivity index (χ4v) is 5.02. The van der Waals surface area contributed by atoms with Gasteiger partial charge >= 0.3 is 0 Å². The molecule has 0 atom stereocenters. The first kappa shape index (κ1) is 11.7. The fraction of sp³-hybridized carbons (Fsp3) is 0.933. The molecule has 4 aliphatic rings. The van der Waals surface area contributed by atoms with E-state index >= 15 is 0 Å². The van der Waals surface area contributed by atoms with Crippen molar-refractivity contribution in [3.8, 4) is 0 Å². The van der Waals surface area contributed by atoms with E-state index in [4.69, 9.17) is 0 Å². The van der Waals surface area contributed by atoms with Gasteiger partial charge in [0.05, 0.1) is 6.54 Å². The third kappa shape index (κ3) is 2.05. The number of Topliss-reactive ketones (excluding diaryl/α,β-unsaturated/α-hetero) is 1. The van der Waals surface area contributed by atoms with Gasteiger partial charge in [-0.25, -0.2) is 0 Å². The molecule has 0 aromatic heterocycles. The van der Waals surface area contributed by atoms with E-state index in [9.17, 15) is 4.79 Å². The van der Waals surface area contributed by atoms with Crippen LogP contribution in [0.5, 0.6) is 0 Å². The summed E-state index contributed by atoms with van der Waals surface area (Å²) in [5.41, 5.74) is 0.107. The first-order chi connectivity index (χ1) is 8.22. The average Bonchev–Trinajstić information content (AvgIpc) is 2.27. The third-order valence-electron chi connectivity index (χ3n) is 5.34. The molecule has 0 radical (unpaired) electrons. The van der Waals surface area contributed by atoms with Crippen molar-refractivity contribution in [3.05, 3.63) is 0 Å². The van der Waals surface area contributed by atoms with Gasteiger partial charge in [0.15, 0.2) is 5.78 Å². The van der Waals surface area contributed by atoms with E-state index < -0.39 is 0 Å². The van der Waals surface area contributed by atoms with Crippen molar-refractivity contribution < 1.29 is 4.79 Å². The summed E-state index contributed by atoms with van der Waals surface area (Å²) >= 11 is 0. The highest BCUT2D eigenvalue weighted by atomic mass is 16.1. The SMILES string of the molecule is CCCNCC(=O)C12CC3CC(CC(C3)C1)C2. The Labute approximate surface area is 105 Å². The van der Waals surface area contributed by atoms with Crippen molar-refractivity contribution in [1.29, 1.82) is 0 Å². The Morgan fingerprint density at radius 3 is 2.12 bits per heavy atom. The van der Waals surface area contributed by atoms with Crippen LogP contribution in [0.4, 0.5) is 0 Å². The van der Waals surface area contributed by atoms with E-state index in [0.29, 0.717) is 12.3 Å². The van der Waals surface area contributed by atoms with Gasteiger partial charge in [-0.1, -0.05) is 6.92 Å². The topological polar surface area (TPSA) is 29.1 Å². The van der Waals surface area contributed by atoms with Gasteiger partial charge in [-0.2, -0.15) is 0 Å². The van der Waals surface area contributed by atoms with Gasteiger partial charge in [-0.3, -0.25) is 4.79 Å². The average molecular weight is 235 g/mol. The van der Waals surface area contributed by atoms with E-state index in [1.165, 1.54) is 38.5 Å². The predicted octanol–water partition coefficient (Wildman–Crippen LogP) is 2.77. The number of ketones is 1. The Balaban J connectivity index is 1.67. The van der Waals surface area contributed by atoms with Crippen LogP contribution >= 0.6 is 0 Å². The largest absolute Gasteiger partial charge is 0.310 e. The van der Waals surface area contributed by atoms with Gasteiger partial charge in [0.25, 0.3) is 0 Å². The van der Waals surface area contributed by atoms with Crippen LogP contribution in [0.15, 0.2) is 0 Å². The van der Waals surface area contributed by atoms with Crippen LogP contribution in [0.2, 0.25) is 0 Å². The van der Waals surface area contributed by atoms with Crippen molar-refractivity contribution in [2.75, 3.05) is 13.1 Å². The van der Waals surface area contributed by atoms with Crippen molar-refractivity contribution in [2.45, 2.75) is 51.9 Å². The first-order valence-corrected chi connectivity index (χ1v) is 7.46. The summed E-state index contributed by atoms with van der Waals surface area (Å²) in [5, 5.41) is 3.31. The molecule has 4 bridgehead atoms. The molecule has 17 heavy (non-hydrogen) atoms. The standard InChI is InChI=1S/C15H25NO/c1-2-3-16-10-14(17)15-7-11-4-12(8-15)6-13(5-11)9-15/h11-13,16H,2-10H2,1H3. The number of nitrogens with one attached hydrogen (secondary N) is 1. The van der Waals surface area contributed by atoms with Gasteiger partial charge in [0, 0.05) is 5.41 Å². The zero-order chi connectivity index (χ0) is 11.9. The second-order valence-electron chi connectivity index (χ2n) is 6.80. The molecule has 0 aliphatic heterocycles. The number of carbonyl (C=O) groups excluding carboxylic acids is 1. The van der Waals surface area contributed by atoms with Crippen LogP contribution in [-0.2, 0) is 4.79 Å². The Morgan fingerprint density at radius 1 is 1.12 bits per heavy atom. The third-order valence-corrected chi connectivity index (χ3v) is 5.34. The number of carbonyl (C=O) groups is 1. The zero-order valence-electron chi connectivity index (χ0n) is 11.0. The summed E-state index contributed by atoms with van der Waals surface area (Å²) in [5.74, 6) is 3.19. The summed E-state index contributed by atoms with van der Waals surface area (Å²) in [6, 6.07) is 0. The van der Waals surface area contributed by atoms with E-state index in [-0.39, 0.29) is 5.41 Å². The van der Waals surface area contributed by atoms with Crippen LogP contribution in [0.3, 0.4) is 0 Å².